The van der Waals surface area contributed by atoms with Crippen LogP contribution >= 0.6 is 0 Å². The lowest BCUT2D eigenvalue weighted by Gasteiger charge is -2.40. The Morgan fingerprint density at radius 1 is 1.46 bits per heavy atom. The molecule has 0 aromatic carbocycles. The number of nitrogens with one attached hydrogen (secondary N) is 1. The maximum absolute atomic E-state index is 10.4. The highest BCUT2D eigenvalue weighted by Gasteiger charge is 2.45. The largest absolute Gasteiger partial charge is 0.388 e. The van der Waals surface area contributed by atoms with Gasteiger partial charge in [0.15, 0.2) is 0 Å². The normalized spacial score (nSPS) is 46.4. The molecule has 2 aliphatic heterocycles. The van der Waals surface area contributed by atoms with Crippen molar-refractivity contribution in [3.8, 4) is 0 Å². The van der Waals surface area contributed by atoms with Gasteiger partial charge in [-0.05, 0) is 32.1 Å². The predicted octanol–water partition coefficient (Wildman–Crippen LogP) is 0.369. The third-order valence-corrected chi connectivity index (χ3v) is 3.66. The molecule has 3 nitrogen and oxygen atoms in total. The Morgan fingerprint density at radius 2 is 2.00 bits per heavy atom. The van der Waals surface area contributed by atoms with Crippen molar-refractivity contribution in [2.24, 2.45) is 5.73 Å². The molecule has 0 radical (unpaired) electrons. The minimum Gasteiger partial charge on any atom is -0.388 e. The summed E-state index contributed by atoms with van der Waals surface area (Å²) in [5.41, 5.74) is 5.36. The number of piperidine rings is 1. The van der Waals surface area contributed by atoms with Gasteiger partial charge in [0, 0.05) is 18.1 Å². The van der Waals surface area contributed by atoms with Crippen LogP contribution in [0.1, 0.15) is 39.0 Å². The average Bonchev–Trinajstić information content (AvgIpc) is 2.44. The van der Waals surface area contributed by atoms with E-state index in [0.29, 0.717) is 12.1 Å². The lowest BCUT2D eigenvalue weighted by molar-refractivity contribution is -0.0296. The molecular weight excluding hydrogens is 164 g/mol. The Hall–Kier alpha value is -0.120. The van der Waals surface area contributed by atoms with Crippen molar-refractivity contribution in [3.05, 3.63) is 0 Å². The maximum Gasteiger partial charge on any atom is 0.0827 e. The summed E-state index contributed by atoms with van der Waals surface area (Å²) in [5.74, 6) is 0. The second-order valence-corrected chi connectivity index (χ2v) is 4.66. The molecule has 2 bridgehead atoms. The molecule has 3 heteroatoms. The van der Waals surface area contributed by atoms with Crippen LogP contribution in [0.4, 0.5) is 0 Å². The summed E-state index contributed by atoms with van der Waals surface area (Å²) >= 11 is 0. The second-order valence-electron chi connectivity index (χ2n) is 4.66. The van der Waals surface area contributed by atoms with E-state index in [4.69, 9.17) is 5.73 Å². The fourth-order valence-corrected chi connectivity index (χ4v) is 2.84. The Balaban J connectivity index is 2.07. The van der Waals surface area contributed by atoms with Crippen LogP contribution in [-0.4, -0.2) is 28.8 Å². The van der Waals surface area contributed by atoms with Crippen LogP contribution in [0.25, 0.3) is 0 Å². The summed E-state index contributed by atoms with van der Waals surface area (Å²) in [6, 6.07) is 0.986. The van der Waals surface area contributed by atoms with E-state index in [1.165, 1.54) is 12.8 Å². The van der Waals surface area contributed by atoms with Crippen molar-refractivity contribution >= 4 is 0 Å². The van der Waals surface area contributed by atoms with Crippen LogP contribution in [-0.2, 0) is 0 Å². The first-order chi connectivity index (χ1) is 6.14. The van der Waals surface area contributed by atoms with Gasteiger partial charge in [-0.2, -0.15) is 0 Å². The Bertz CT molecular complexity index is 183. The van der Waals surface area contributed by atoms with E-state index in [1.54, 1.807) is 0 Å². The quantitative estimate of drug-likeness (QED) is 0.581. The van der Waals surface area contributed by atoms with Crippen molar-refractivity contribution in [1.82, 2.24) is 5.32 Å². The summed E-state index contributed by atoms with van der Waals surface area (Å²) in [5, 5.41) is 13.9. The molecule has 3 unspecified atom stereocenters. The maximum atomic E-state index is 10.4. The van der Waals surface area contributed by atoms with Gasteiger partial charge < -0.3 is 16.2 Å². The molecule has 0 aliphatic carbocycles. The SMILES string of the molecule is CCC(N)C1(O)CC2CCC(C1)N2. The van der Waals surface area contributed by atoms with Crippen LogP contribution in [0.15, 0.2) is 0 Å². The van der Waals surface area contributed by atoms with E-state index in [1.807, 2.05) is 6.92 Å². The number of aliphatic hydroxyl groups is 1. The third-order valence-electron chi connectivity index (χ3n) is 3.66. The van der Waals surface area contributed by atoms with Crippen LogP contribution in [0.2, 0.25) is 0 Å². The first-order valence-corrected chi connectivity index (χ1v) is 5.38. The molecule has 2 fully saturated rings. The minimum absolute atomic E-state index is 0.0438. The summed E-state index contributed by atoms with van der Waals surface area (Å²) < 4.78 is 0. The molecule has 76 valence electrons. The molecule has 0 spiro atoms. The van der Waals surface area contributed by atoms with Crippen LogP contribution in [0.5, 0.6) is 0 Å². The van der Waals surface area contributed by atoms with Crippen molar-refractivity contribution in [2.45, 2.75) is 62.8 Å². The number of hydrogen-bond donors (Lipinski definition) is 3. The van der Waals surface area contributed by atoms with E-state index < -0.39 is 5.60 Å². The molecule has 3 atom stereocenters. The van der Waals surface area contributed by atoms with E-state index in [-0.39, 0.29) is 6.04 Å². The molecule has 2 saturated heterocycles. The van der Waals surface area contributed by atoms with Crippen molar-refractivity contribution < 1.29 is 5.11 Å². The number of fused-ring (bicyclic) bond motifs is 2. The number of hydrogen-bond acceptors (Lipinski definition) is 3. The fourth-order valence-electron chi connectivity index (χ4n) is 2.84. The van der Waals surface area contributed by atoms with Crippen LogP contribution in [0.3, 0.4) is 0 Å². The Labute approximate surface area is 79.7 Å². The van der Waals surface area contributed by atoms with Gasteiger partial charge in [0.2, 0.25) is 0 Å². The van der Waals surface area contributed by atoms with E-state index in [0.717, 1.165) is 19.3 Å². The third kappa shape index (κ3) is 1.60. The molecule has 13 heavy (non-hydrogen) atoms. The Kier molecular flexibility index (Phi) is 2.34. The Morgan fingerprint density at radius 3 is 2.46 bits per heavy atom. The van der Waals surface area contributed by atoms with Gasteiger partial charge in [-0.1, -0.05) is 6.92 Å². The highest BCUT2D eigenvalue weighted by Crippen LogP contribution is 2.35. The average molecular weight is 184 g/mol. The topological polar surface area (TPSA) is 58.3 Å². The standard InChI is InChI=1S/C10H20N2O/c1-2-9(11)10(13)5-7-3-4-8(6-10)12-7/h7-9,12-13H,2-6,11H2,1H3. The first kappa shape index (κ1) is 9.44. The van der Waals surface area contributed by atoms with Gasteiger partial charge in [-0.15, -0.1) is 0 Å². The van der Waals surface area contributed by atoms with Crippen LogP contribution in [0, 0.1) is 0 Å². The summed E-state index contributed by atoms with van der Waals surface area (Å²) in [7, 11) is 0. The highest BCUT2D eigenvalue weighted by molar-refractivity contribution is 5.03. The predicted molar refractivity (Wildman–Crippen MR) is 52.4 cm³/mol. The lowest BCUT2D eigenvalue weighted by Crippen LogP contribution is -2.57. The highest BCUT2D eigenvalue weighted by atomic mass is 16.3. The molecule has 0 aromatic heterocycles. The summed E-state index contributed by atoms with van der Waals surface area (Å²) in [6.45, 7) is 2.05. The van der Waals surface area contributed by atoms with E-state index in [9.17, 15) is 5.11 Å². The van der Waals surface area contributed by atoms with Gasteiger partial charge in [-0.3, -0.25) is 0 Å². The zero-order chi connectivity index (χ0) is 9.47. The van der Waals surface area contributed by atoms with Gasteiger partial charge >= 0.3 is 0 Å². The lowest BCUT2D eigenvalue weighted by atomic mass is 9.81. The molecule has 2 aliphatic rings. The summed E-state index contributed by atoms with van der Waals surface area (Å²) in [4.78, 5) is 0. The smallest absolute Gasteiger partial charge is 0.0827 e. The first-order valence-electron chi connectivity index (χ1n) is 5.38. The monoisotopic (exact) mass is 184 g/mol. The molecule has 0 aromatic rings. The molecule has 2 rings (SSSR count). The molecule has 0 saturated carbocycles. The van der Waals surface area contributed by atoms with Crippen LogP contribution < -0.4 is 11.1 Å². The van der Waals surface area contributed by atoms with Gasteiger partial charge in [-0.25, -0.2) is 0 Å². The fraction of sp³-hybridized carbons (Fsp3) is 1.00. The number of nitrogens with two attached hydrogens (primary N) is 1. The molecule has 4 N–H and O–H groups in total. The molecule has 0 amide bonds. The zero-order valence-corrected chi connectivity index (χ0v) is 8.29. The second kappa shape index (κ2) is 3.23. The number of rotatable bonds is 2. The van der Waals surface area contributed by atoms with Gasteiger partial charge in [0.25, 0.3) is 0 Å². The minimum atomic E-state index is -0.591. The van der Waals surface area contributed by atoms with Gasteiger partial charge in [0.1, 0.15) is 0 Å². The zero-order valence-electron chi connectivity index (χ0n) is 8.29. The van der Waals surface area contributed by atoms with Crippen molar-refractivity contribution in [1.29, 1.82) is 0 Å². The van der Waals surface area contributed by atoms with Crippen molar-refractivity contribution in [3.63, 3.8) is 0 Å². The molecule has 2 heterocycles. The van der Waals surface area contributed by atoms with Crippen molar-refractivity contribution in [2.75, 3.05) is 0 Å². The van der Waals surface area contributed by atoms with E-state index in [2.05, 4.69) is 5.32 Å². The van der Waals surface area contributed by atoms with E-state index >= 15 is 0 Å². The molecular formula is C10H20N2O. The summed E-state index contributed by atoms with van der Waals surface area (Å²) in [6.07, 6.45) is 4.99. The van der Waals surface area contributed by atoms with Gasteiger partial charge in [0.05, 0.1) is 5.60 Å².